The lowest BCUT2D eigenvalue weighted by atomic mass is 10.3. The average Bonchev–Trinajstić information content (AvgIpc) is 2.39. The van der Waals surface area contributed by atoms with E-state index in [-0.39, 0.29) is 0 Å². The summed E-state index contributed by atoms with van der Waals surface area (Å²) in [6, 6.07) is 0.307. The molecule has 1 heterocycles. The lowest BCUT2D eigenvalue weighted by molar-refractivity contribution is 0.131. The van der Waals surface area contributed by atoms with Gasteiger partial charge in [-0.05, 0) is 12.8 Å². The number of anilines is 1. The molecule has 0 aromatic carbocycles. The van der Waals surface area contributed by atoms with Crippen LogP contribution >= 0.6 is 11.6 Å². The molecule has 1 aromatic heterocycles. The molecule has 0 saturated heterocycles. The second-order valence-electron chi connectivity index (χ2n) is 3.80. The van der Waals surface area contributed by atoms with Crippen LogP contribution in [0.3, 0.4) is 0 Å². The van der Waals surface area contributed by atoms with E-state index < -0.39 is 0 Å². The van der Waals surface area contributed by atoms with Crippen LogP contribution in [0.2, 0.25) is 5.02 Å². The van der Waals surface area contributed by atoms with E-state index in [9.17, 15) is 0 Å². The van der Waals surface area contributed by atoms with Gasteiger partial charge in [0.25, 0.3) is 0 Å². The summed E-state index contributed by atoms with van der Waals surface area (Å²) >= 11 is 5.96. The minimum Gasteiger partial charge on any atom is -0.467 e. The number of halogens is 1. The van der Waals surface area contributed by atoms with Gasteiger partial charge in [-0.25, -0.2) is 4.98 Å². The van der Waals surface area contributed by atoms with Crippen molar-refractivity contribution in [1.29, 1.82) is 0 Å². The van der Waals surface area contributed by atoms with E-state index >= 15 is 0 Å². The van der Waals surface area contributed by atoms with E-state index in [0.29, 0.717) is 16.9 Å². The summed E-state index contributed by atoms with van der Waals surface area (Å²) in [6.07, 6.45) is 4.71. The summed E-state index contributed by atoms with van der Waals surface area (Å²) in [5.41, 5.74) is 0. The van der Waals surface area contributed by atoms with E-state index in [1.54, 1.807) is 0 Å². The van der Waals surface area contributed by atoms with Crippen LogP contribution < -0.4 is 10.1 Å². The second kappa shape index (κ2) is 8.94. The third kappa shape index (κ3) is 5.51. The predicted octanol–water partition coefficient (Wildman–Crippen LogP) is 2.76. The monoisotopic (exact) mass is 273 g/mol. The Bertz CT molecular complexity index is 350. The maximum absolute atomic E-state index is 5.96. The van der Waals surface area contributed by atoms with E-state index in [4.69, 9.17) is 21.1 Å². The Morgan fingerprint density at radius 3 is 2.83 bits per heavy atom. The molecule has 1 aromatic rings. The number of nitrogens with zero attached hydrogens (tertiary/aromatic N) is 2. The van der Waals surface area contributed by atoms with Gasteiger partial charge in [0.05, 0.1) is 13.3 Å². The van der Waals surface area contributed by atoms with E-state index in [1.165, 1.54) is 13.3 Å². The molecule has 102 valence electrons. The summed E-state index contributed by atoms with van der Waals surface area (Å²) in [5, 5.41) is 3.62. The number of hydrogen-bond acceptors (Lipinski definition) is 5. The van der Waals surface area contributed by atoms with Gasteiger partial charge in [0.1, 0.15) is 5.02 Å². The van der Waals surface area contributed by atoms with Gasteiger partial charge in [-0.15, -0.1) is 0 Å². The number of methoxy groups -OCH3 is 1. The molecule has 0 aliphatic rings. The van der Waals surface area contributed by atoms with Crippen LogP contribution in [0.15, 0.2) is 6.20 Å². The Morgan fingerprint density at radius 1 is 1.33 bits per heavy atom. The molecule has 18 heavy (non-hydrogen) atoms. The topological polar surface area (TPSA) is 56.3 Å². The second-order valence-corrected chi connectivity index (χ2v) is 4.21. The largest absolute Gasteiger partial charge is 0.467 e. The van der Waals surface area contributed by atoms with Gasteiger partial charge in [-0.3, -0.25) is 0 Å². The zero-order valence-corrected chi connectivity index (χ0v) is 11.7. The number of nitrogens with one attached hydrogen (secondary N) is 1. The van der Waals surface area contributed by atoms with Gasteiger partial charge < -0.3 is 14.8 Å². The van der Waals surface area contributed by atoms with Crippen LogP contribution in [0.4, 0.5) is 5.82 Å². The zero-order chi connectivity index (χ0) is 13.2. The minimum absolute atomic E-state index is 0.307. The number of unbranched alkanes of at least 4 members (excludes halogenated alkanes) is 1. The number of ether oxygens (including phenoxy) is 2. The maximum atomic E-state index is 5.96. The first-order valence-electron chi connectivity index (χ1n) is 6.16. The van der Waals surface area contributed by atoms with Gasteiger partial charge >= 0.3 is 6.01 Å². The van der Waals surface area contributed by atoms with Crippen LogP contribution in [0.5, 0.6) is 6.01 Å². The molecule has 1 rings (SSSR count). The third-order valence-electron chi connectivity index (χ3n) is 2.30. The van der Waals surface area contributed by atoms with Crippen molar-refractivity contribution >= 4 is 17.4 Å². The molecule has 0 radical (unpaired) electrons. The molecule has 5 nitrogen and oxygen atoms in total. The Balaban J connectivity index is 2.22. The van der Waals surface area contributed by atoms with Crippen molar-refractivity contribution in [2.45, 2.75) is 26.2 Å². The minimum atomic E-state index is 0.307. The van der Waals surface area contributed by atoms with Crippen LogP contribution in [0.25, 0.3) is 0 Å². The lowest BCUT2D eigenvalue weighted by Crippen LogP contribution is -2.08. The summed E-state index contributed by atoms with van der Waals surface area (Å²) in [4.78, 5) is 8.03. The highest BCUT2D eigenvalue weighted by molar-refractivity contribution is 6.32. The summed E-state index contributed by atoms with van der Waals surface area (Å²) in [7, 11) is 1.52. The Morgan fingerprint density at radius 2 is 2.11 bits per heavy atom. The van der Waals surface area contributed by atoms with Crippen LogP contribution in [-0.2, 0) is 4.74 Å². The fourth-order valence-corrected chi connectivity index (χ4v) is 1.46. The van der Waals surface area contributed by atoms with Gasteiger partial charge in [0.2, 0.25) is 0 Å². The number of rotatable bonds is 9. The van der Waals surface area contributed by atoms with Crippen molar-refractivity contribution in [2.24, 2.45) is 0 Å². The van der Waals surface area contributed by atoms with Crippen molar-refractivity contribution in [1.82, 2.24) is 9.97 Å². The first-order chi connectivity index (χ1) is 8.77. The molecular formula is C12H20ClN3O2. The molecule has 0 spiro atoms. The van der Waals surface area contributed by atoms with Gasteiger partial charge in [0, 0.05) is 19.8 Å². The van der Waals surface area contributed by atoms with E-state index in [2.05, 4.69) is 22.2 Å². The van der Waals surface area contributed by atoms with Crippen molar-refractivity contribution < 1.29 is 9.47 Å². The molecule has 0 unspecified atom stereocenters. The first-order valence-corrected chi connectivity index (χ1v) is 6.54. The molecule has 0 aliphatic heterocycles. The lowest BCUT2D eigenvalue weighted by Gasteiger charge is -2.08. The van der Waals surface area contributed by atoms with Crippen LogP contribution in [0.1, 0.15) is 26.2 Å². The fourth-order valence-electron chi connectivity index (χ4n) is 1.30. The summed E-state index contributed by atoms with van der Waals surface area (Å²) in [5.74, 6) is 0.595. The zero-order valence-electron chi connectivity index (χ0n) is 10.9. The number of aromatic nitrogens is 2. The standard InChI is InChI=1S/C12H20ClN3O2/c1-3-4-7-18-8-5-6-14-11-10(13)9-15-12(16-11)17-2/h9H,3-8H2,1-2H3,(H,14,15,16). The van der Waals surface area contributed by atoms with Crippen molar-refractivity contribution in [2.75, 3.05) is 32.2 Å². The van der Waals surface area contributed by atoms with E-state index in [0.717, 1.165) is 39.0 Å². The third-order valence-corrected chi connectivity index (χ3v) is 2.58. The highest BCUT2D eigenvalue weighted by atomic mass is 35.5. The maximum Gasteiger partial charge on any atom is 0.318 e. The van der Waals surface area contributed by atoms with Crippen molar-refractivity contribution in [3.05, 3.63) is 11.2 Å². The molecule has 0 atom stereocenters. The molecule has 0 fully saturated rings. The molecule has 0 aliphatic carbocycles. The van der Waals surface area contributed by atoms with Gasteiger partial charge in [-0.2, -0.15) is 4.98 Å². The molecule has 6 heteroatoms. The van der Waals surface area contributed by atoms with Gasteiger partial charge in [0.15, 0.2) is 5.82 Å². The molecular weight excluding hydrogens is 254 g/mol. The highest BCUT2D eigenvalue weighted by Gasteiger charge is 2.04. The normalized spacial score (nSPS) is 10.4. The van der Waals surface area contributed by atoms with Crippen LogP contribution in [-0.4, -0.2) is 36.8 Å². The van der Waals surface area contributed by atoms with Crippen molar-refractivity contribution in [3.63, 3.8) is 0 Å². The summed E-state index contributed by atoms with van der Waals surface area (Å²) < 4.78 is 10.4. The first kappa shape index (κ1) is 15.0. The van der Waals surface area contributed by atoms with Crippen LogP contribution in [0, 0.1) is 0 Å². The highest BCUT2D eigenvalue weighted by Crippen LogP contribution is 2.19. The van der Waals surface area contributed by atoms with E-state index in [1.807, 2.05) is 0 Å². The Kier molecular flexibility index (Phi) is 7.44. The predicted molar refractivity (Wildman–Crippen MR) is 72.4 cm³/mol. The summed E-state index contributed by atoms with van der Waals surface area (Å²) in [6.45, 7) is 4.48. The number of hydrogen-bond donors (Lipinski definition) is 1. The molecule has 0 saturated carbocycles. The van der Waals surface area contributed by atoms with Gasteiger partial charge in [-0.1, -0.05) is 24.9 Å². The smallest absolute Gasteiger partial charge is 0.318 e. The molecule has 1 N–H and O–H groups in total. The Labute approximate surface area is 113 Å². The molecule has 0 bridgehead atoms. The average molecular weight is 274 g/mol. The molecule has 0 amide bonds. The Hall–Kier alpha value is -1.07. The fraction of sp³-hybridized carbons (Fsp3) is 0.667. The SMILES string of the molecule is CCCCOCCCNc1nc(OC)ncc1Cl. The van der Waals surface area contributed by atoms with Crippen molar-refractivity contribution in [3.8, 4) is 6.01 Å². The quantitative estimate of drug-likeness (QED) is 0.701.